The summed E-state index contributed by atoms with van der Waals surface area (Å²) in [6.07, 6.45) is 7.34. The predicted octanol–water partition coefficient (Wildman–Crippen LogP) is 2.60. The Balaban J connectivity index is 1.46. The van der Waals surface area contributed by atoms with Crippen molar-refractivity contribution >= 4 is 5.95 Å². The number of anilines is 1. The van der Waals surface area contributed by atoms with Crippen molar-refractivity contribution in [2.24, 2.45) is 5.41 Å². The van der Waals surface area contributed by atoms with Gasteiger partial charge < -0.3 is 14.4 Å². The van der Waals surface area contributed by atoms with Crippen molar-refractivity contribution < 1.29 is 13.9 Å². The monoisotopic (exact) mass is 358 g/mol. The van der Waals surface area contributed by atoms with Crippen LogP contribution in [0, 0.1) is 11.2 Å². The smallest absolute Gasteiger partial charge is 0.225 e. The number of hydrogen-bond donors (Lipinski definition) is 0. The normalized spacial score (nSPS) is 25.7. The Kier molecular flexibility index (Phi) is 5.08. The van der Waals surface area contributed by atoms with E-state index in [4.69, 9.17) is 9.47 Å². The van der Waals surface area contributed by atoms with Crippen LogP contribution in [0.5, 0.6) is 0 Å². The van der Waals surface area contributed by atoms with E-state index in [1.807, 2.05) is 18.2 Å². The molecule has 2 atom stereocenters. The molecule has 6 nitrogen and oxygen atoms in total. The van der Waals surface area contributed by atoms with Crippen LogP contribution in [0.2, 0.25) is 0 Å². The Bertz CT molecular complexity index is 715. The van der Waals surface area contributed by atoms with Gasteiger partial charge in [-0.1, -0.05) is 6.07 Å². The molecule has 26 heavy (non-hydrogen) atoms. The predicted molar refractivity (Wildman–Crippen MR) is 94.1 cm³/mol. The second kappa shape index (κ2) is 7.63. The maximum atomic E-state index is 13.1. The Morgan fingerprint density at radius 2 is 2.15 bits per heavy atom. The van der Waals surface area contributed by atoms with Gasteiger partial charge in [-0.3, -0.25) is 4.98 Å². The third-order valence-corrected chi connectivity index (χ3v) is 5.24. The van der Waals surface area contributed by atoms with E-state index >= 15 is 0 Å². The van der Waals surface area contributed by atoms with Gasteiger partial charge in [0.2, 0.25) is 5.95 Å². The van der Waals surface area contributed by atoms with E-state index in [1.165, 1.54) is 12.4 Å². The van der Waals surface area contributed by atoms with Crippen molar-refractivity contribution in [3.8, 4) is 0 Å². The molecular formula is C19H23FN4O2. The van der Waals surface area contributed by atoms with Crippen molar-refractivity contribution in [1.29, 1.82) is 0 Å². The topological polar surface area (TPSA) is 60.4 Å². The van der Waals surface area contributed by atoms with Crippen molar-refractivity contribution in [2.75, 3.05) is 31.2 Å². The van der Waals surface area contributed by atoms with Gasteiger partial charge in [-0.25, -0.2) is 14.4 Å². The second-order valence-corrected chi connectivity index (χ2v) is 7.05. The number of aromatic nitrogens is 3. The lowest BCUT2D eigenvalue weighted by Crippen LogP contribution is -2.57. The van der Waals surface area contributed by atoms with Gasteiger partial charge in [-0.15, -0.1) is 0 Å². The van der Waals surface area contributed by atoms with Crippen molar-refractivity contribution in [2.45, 2.75) is 32.0 Å². The van der Waals surface area contributed by atoms with Gasteiger partial charge in [0.1, 0.15) is 0 Å². The molecule has 4 rings (SSSR count). The molecule has 0 radical (unpaired) electrons. The SMILES string of the molecule is Fc1cnc(N2CCC3OCCCC3(COCc3ccccn3)C2)nc1. The molecule has 2 saturated heterocycles. The average molecular weight is 358 g/mol. The van der Waals surface area contributed by atoms with Crippen LogP contribution in [-0.4, -0.2) is 47.4 Å². The molecule has 7 heteroatoms. The van der Waals surface area contributed by atoms with Gasteiger partial charge in [-0.05, 0) is 31.4 Å². The van der Waals surface area contributed by atoms with Crippen LogP contribution in [0.3, 0.4) is 0 Å². The molecule has 2 fully saturated rings. The zero-order valence-electron chi connectivity index (χ0n) is 14.7. The lowest BCUT2D eigenvalue weighted by Gasteiger charge is -2.50. The summed E-state index contributed by atoms with van der Waals surface area (Å²) in [5.74, 6) is 0.151. The van der Waals surface area contributed by atoms with Crippen molar-refractivity contribution in [3.05, 3.63) is 48.3 Å². The summed E-state index contributed by atoms with van der Waals surface area (Å²) in [6, 6.07) is 5.83. The zero-order valence-corrected chi connectivity index (χ0v) is 14.7. The number of halogens is 1. The van der Waals surface area contributed by atoms with Gasteiger partial charge in [0.05, 0.1) is 37.4 Å². The summed E-state index contributed by atoms with van der Waals surface area (Å²) >= 11 is 0. The van der Waals surface area contributed by atoms with Gasteiger partial charge in [0.25, 0.3) is 0 Å². The lowest BCUT2D eigenvalue weighted by molar-refractivity contribution is -0.128. The van der Waals surface area contributed by atoms with Gasteiger partial charge in [-0.2, -0.15) is 0 Å². The lowest BCUT2D eigenvalue weighted by atomic mass is 9.73. The summed E-state index contributed by atoms with van der Waals surface area (Å²) in [4.78, 5) is 14.7. The van der Waals surface area contributed by atoms with E-state index in [-0.39, 0.29) is 11.5 Å². The van der Waals surface area contributed by atoms with E-state index < -0.39 is 5.82 Å². The fraction of sp³-hybridized carbons (Fsp3) is 0.526. The van der Waals surface area contributed by atoms with E-state index in [9.17, 15) is 4.39 Å². The van der Waals surface area contributed by atoms with Crippen LogP contribution in [-0.2, 0) is 16.1 Å². The first-order valence-electron chi connectivity index (χ1n) is 9.07. The maximum Gasteiger partial charge on any atom is 0.225 e. The minimum absolute atomic E-state index is 0.0942. The number of pyridine rings is 1. The molecule has 0 aromatic carbocycles. The van der Waals surface area contributed by atoms with Crippen molar-refractivity contribution in [1.82, 2.24) is 15.0 Å². The summed E-state index contributed by atoms with van der Waals surface area (Å²) in [7, 11) is 0. The Labute approximate surface area is 152 Å². The number of hydrogen-bond acceptors (Lipinski definition) is 6. The molecule has 2 aliphatic rings. The molecule has 4 heterocycles. The minimum Gasteiger partial charge on any atom is -0.377 e. The molecule has 0 saturated carbocycles. The van der Waals surface area contributed by atoms with E-state index in [2.05, 4.69) is 19.9 Å². The quantitative estimate of drug-likeness (QED) is 0.819. The van der Waals surface area contributed by atoms with Gasteiger partial charge in [0.15, 0.2) is 5.82 Å². The van der Waals surface area contributed by atoms with Crippen LogP contribution in [0.4, 0.5) is 10.3 Å². The molecule has 0 aliphatic carbocycles. The summed E-state index contributed by atoms with van der Waals surface area (Å²) in [5.41, 5.74) is 0.829. The first-order valence-corrected chi connectivity index (χ1v) is 9.07. The Morgan fingerprint density at radius 1 is 1.27 bits per heavy atom. The first kappa shape index (κ1) is 17.3. The number of fused-ring (bicyclic) bond motifs is 1. The highest BCUT2D eigenvalue weighted by Gasteiger charge is 2.46. The van der Waals surface area contributed by atoms with Crippen molar-refractivity contribution in [3.63, 3.8) is 0 Å². The third-order valence-electron chi connectivity index (χ3n) is 5.24. The molecule has 0 bridgehead atoms. The van der Waals surface area contributed by atoms with E-state index in [0.717, 1.165) is 44.7 Å². The molecule has 0 N–H and O–H groups in total. The zero-order chi connectivity index (χ0) is 17.8. The molecular weight excluding hydrogens is 335 g/mol. The number of ether oxygens (including phenoxy) is 2. The fourth-order valence-corrected chi connectivity index (χ4v) is 3.98. The summed E-state index contributed by atoms with van der Waals surface area (Å²) < 4.78 is 25.3. The van der Waals surface area contributed by atoms with Crippen LogP contribution >= 0.6 is 0 Å². The molecule has 2 aromatic rings. The minimum atomic E-state index is -0.418. The van der Waals surface area contributed by atoms with Gasteiger partial charge >= 0.3 is 0 Å². The first-order chi connectivity index (χ1) is 12.8. The molecule has 138 valence electrons. The van der Waals surface area contributed by atoms with Crippen LogP contribution in [0.15, 0.2) is 36.8 Å². The van der Waals surface area contributed by atoms with Crippen LogP contribution in [0.25, 0.3) is 0 Å². The summed E-state index contributed by atoms with van der Waals surface area (Å²) in [5, 5.41) is 0. The average Bonchev–Trinajstić information content (AvgIpc) is 2.69. The largest absolute Gasteiger partial charge is 0.377 e. The summed E-state index contributed by atoms with van der Waals surface area (Å²) in [6.45, 7) is 3.46. The van der Waals surface area contributed by atoms with Gasteiger partial charge in [0, 0.05) is 31.3 Å². The van der Waals surface area contributed by atoms with E-state index in [0.29, 0.717) is 19.2 Å². The number of nitrogens with zero attached hydrogens (tertiary/aromatic N) is 4. The molecule has 0 amide bonds. The number of rotatable bonds is 5. The number of piperidine rings is 1. The molecule has 2 aliphatic heterocycles. The highest BCUT2D eigenvalue weighted by molar-refractivity contribution is 5.31. The van der Waals surface area contributed by atoms with E-state index in [1.54, 1.807) is 6.20 Å². The fourth-order valence-electron chi connectivity index (χ4n) is 3.98. The highest BCUT2D eigenvalue weighted by atomic mass is 19.1. The van der Waals surface area contributed by atoms with Crippen LogP contribution < -0.4 is 4.90 Å². The molecule has 2 unspecified atom stereocenters. The highest BCUT2D eigenvalue weighted by Crippen LogP contribution is 2.41. The van der Waals surface area contributed by atoms with Crippen LogP contribution in [0.1, 0.15) is 25.0 Å². The molecule has 2 aromatic heterocycles. The Hall–Kier alpha value is -2.12. The standard InChI is InChI=1S/C19H23FN4O2/c20-15-10-22-18(23-11-15)24-8-5-17-19(13-24,6-3-9-26-17)14-25-12-16-4-1-2-7-21-16/h1-2,4,7,10-11,17H,3,5-6,8-9,12-14H2. The maximum absolute atomic E-state index is 13.1. The third kappa shape index (κ3) is 3.68. The molecule has 0 spiro atoms. The second-order valence-electron chi connectivity index (χ2n) is 7.05. The Morgan fingerprint density at radius 3 is 2.96 bits per heavy atom.